The Morgan fingerprint density at radius 1 is 1.22 bits per heavy atom. The number of thioether (sulfide) groups is 1. The number of non-ortho nitro benzene ring substituents is 1. The lowest BCUT2D eigenvalue weighted by molar-refractivity contribution is -0.384. The third-order valence-corrected chi connectivity index (χ3v) is 6.27. The lowest BCUT2D eigenvalue weighted by Crippen LogP contribution is -2.13. The molecule has 27 heavy (non-hydrogen) atoms. The molecule has 0 bridgehead atoms. The largest absolute Gasteiger partial charge is 0.360 e. The minimum atomic E-state index is -0.483. The maximum absolute atomic E-state index is 12.0. The van der Waals surface area contributed by atoms with Crippen molar-refractivity contribution in [2.24, 2.45) is 0 Å². The lowest BCUT2D eigenvalue weighted by Gasteiger charge is -2.03. The summed E-state index contributed by atoms with van der Waals surface area (Å²) < 4.78 is 0.701. The Morgan fingerprint density at radius 3 is 2.74 bits per heavy atom. The van der Waals surface area contributed by atoms with Crippen LogP contribution >= 0.6 is 34.4 Å². The first-order valence-corrected chi connectivity index (χ1v) is 10.6. The van der Waals surface area contributed by atoms with Gasteiger partial charge >= 0.3 is 0 Å². The summed E-state index contributed by atoms with van der Waals surface area (Å²) in [5.41, 5.74) is 0.495. The smallest absolute Gasteiger partial charge is 0.269 e. The Hall–Kier alpha value is -2.50. The molecular weight excluding hydrogens is 406 g/mol. The van der Waals surface area contributed by atoms with Crippen molar-refractivity contribution in [1.29, 1.82) is 0 Å². The molecule has 0 spiro atoms. The second kappa shape index (κ2) is 9.44. The van der Waals surface area contributed by atoms with E-state index in [4.69, 9.17) is 0 Å². The van der Waals surface area contributed by atoms with Crippen molar-refractivity contribution in [3.8, 4) is 0 Å². The van der Waals surface area contributed by atoms with Gasteiger partial charge in [-0.3, -0.25) is 14.9 Å². The Labute approximate surface area is 167 Å². The van der Waals surface area contributed by atoms with Gasteiger partial charge in [0.1, 0.15) is 0 Å². The number of anilines is 2. The number of nitro benzene ring substituents is 1. The zero-order valence-electron chi connectivity index (χ0n) is 14.0. The monoisotopic (exact) mass is 421 g/mol. The highest BCUT2D eigenvalue weighted by atomic mass is 32.2. The van der Waals surface area contributed by atoms with Crippen LogP contribution in [-0.2, 0) is 11.2 Å². The van der Waals surface area contributed by atoms with Crippen molar-refractivity contribution in [1.82, 2.24) is 10.2 Å². The van der Waals surface area contributed by atoms with E-state index in [0.717, 1.165) is 18.1 Å². The van der Waals surface area contributed by atoms with Crippen LogP contribution in [0.4, 0.5) is 16.5 Å². The van der Waals surface area contributed by atoms with Gasteiger partial charge in [0.15, 0.2) is 4.34 Å². The fourth-order valence-electron chi connectivity index (χ4n) is 2.08. The van der Waals surface area contributed by atoms with E-state index in [0.29, 0.717) is 10.0 Å². The predicted octanol–water partition coefficient (Wildman–Crippen LogP) is 3.89. The molecular formula is C16H15N5O3S3. The second-order valence-electron chi connectivity index (χ2n) is 5.27. The standard InChI is InChI=1S/C16H15N5O3S3/c22-14(18-11-3-5-12(6-4-11)21(23)24)10-26-16-20-19-15(27-16)17-8-7-13-2-1-9-25-13/h1-6,9H,7-8,10H2,(H,17,19)(H,18,22). The molecule has 3 rings (SSSR count). The molecule has 1 aromatic carbocycles. The van der Waals surface area contributed by atoms with Gasteiger partial charge in [0.05, 0.1) is 10.7 Å². The summed E-state index contributed by atoms with van der Waals surface area (Å²) >= 11 is 4.42. The van der Waals surface area contributed by atoms with E-state index in [-0.39, 0.29) is 17.3 Å². The molecule has 0 unspecified atom stereocenters. The number of hydrogen-bond donors (Lipinski definition) is 2. The molecule has 0 atom stereocenters. The zero-order valence-corrected chi connectivity index (χ0v) is 16.4. The van der Waals surface area contributed by atoms with Crippen LogP contribution in [0.3, 0.4) is 0 Å². The summed E-state index contributed by atoms with van der Waals surface area (Å²) in [4.78, 5) is 23.4. The average molecular weight is 422 g/mol. The number of nitrogens with one attached hydrogen (secondary N) is 2. The van der Waals surface area contributed by atoms with Gasteiger partial charge in [0.25, 0.3) is 5.69 Å². The van der Waals surface area contributed by atoms with E-state index >= 15 is 0 Å². The molecule has 0 saturated heterocycles. The Balaban J connectivity index is 1.41. The summed E-state index contributed by atoms with van der Waals surface area (Å²) in [5, 5.41) is 27.4. The highest BCUT2D eigenvalue weighted by Gasteiger charge is 2.10. The number of benzene rings is 1. The number of amides is 1. The van der Waals surface area contributed by atoms with E-state index in [9.17, 15) is 14.9 Å². The summed E-state index contributed by atoms with van der Waals surface area (Å²) in [6.07, 6.45) is 0.928. The summed E-state index contributed by atoms with van der Waals surface area (Å²) in [6.45, 7) is 0.778. The van der Waals surface area contributed by atoms with Gasteiger partial charge in [-0.15, -0.1) is 21.5 Å². The lowest BCUT2D eigenvalue weighted by atomic mass is 10.3. The summed E-state index contributed by atoms with van der Waals surface area (Å²) in [6, 6.07) is 9.82. The topological polar surface area (TPSA) is 110 Å². The molecule has 1 amide bonds. The van der Waals surface area contributed by atoms with Crippen LogP contribution in [0.1, 0.15) is 4.88 Å². The van der Waals surface area contributed by atoms with Crippen molar-refractivity contribution < 1.29 is 9.72 Å². The van der Waals surface area contributed by atoms with Crippen LogP contribution in [0.2, 0.25) is 0 Å². The Bertz CT molecular complexity index is 896. The number of rotatable bonds is 9. The van der Waals surface area contributed by atoms with Crippen LogP contribution < -0.4 is 10.6 Å². The van der Waals surface area contributed by atoms with Gasteiger partial charge in [0.2, 0.25) is 11.0 Å². The van der Waals surface area contributed by atoms with Gasteiger partial charge in [-0.2, -0.15) is 0 Å². The highest BCUT2D eigenvalue weighted by molar-refractivity contribution is 8.01. The van der Waals surface area contributed by atoms with Crippen LogP contribution in [0.5, 0.6) is 0 Å². The first kappa shape index (κ1) is 19.3. The van der Waals surface area contributed by atoms with Crippen LogP contribution in [-0.4, -0.2) is 33.3 Å². The number of nitrogens with zero attached hydrogens (tertiary/aromatic N) is 3. The van der Waals surface area contributed by atoms with Crippen LogP contribution in [0, 0.1) is 10.1 Å². The summed E-state index contributed by atoms with van der Waals surface area (Å²) in [5.74, 6) is -0.0304. The number of carbonyl (C=O) groups is 1. The van der Waals surface area contributed by atoms with E-state index in [1.807, 2.05) is 6.07 Å². The van der Waals surface area contributed by atoms with Crippen LogP contribution in [0.15, 0.2) is 46.1 Å². The van der Waals surface area contributed by atoms with Gasteiger partial charge in [-0.25, -0.2) is 0 Å². The average Bonchev–Trinajstić information content (AvgIpc) is 3.32. The molecule has 0 radical (unpaired) electrons. The highest BCUT2D eigenvalue weighted by Crippen LogP contribution is 2.25. The van der Waals surface area contributed by atoms with Gasteiger partial charge in [0, 0.05) is 29.2 Å². The van der Waals surface area contributed by atoms with Crippen molar-refractivity contribution in [3.63, 3.8) is 0 Å². The molecule has 0 aliphatic heterocycles. The second-order valence-corrected chi connectivity index (χ2v) is 8.50. The molecule has 0 fully saturated rings. The number of nitro groups is 1. The van der Waals surface area contributed by atoms with Crippen molar-refractivity contribution in [3.05, 3.63) is 56.8 Å². The number of carbonyl (C=O) groups excluding carboxylic acids is 1. The Morgan fingerprint density at radius 2 is 2.04 bits per heavy atom. The number of hydrogen-bond acceptors (Lipinski definition) is 9. The Kier molecular flexibility index (Phi) is 6.74. The minimum Gasteiger partial charge on any atom is -0.360 e. The van der Waals surface area contributed by atoms with Gasteiger partial charge in [-0.05, 0) is 30.0 Å². The maximum atomic E-state index is 12.0. The van der Waals surface area contributed by atoms with Crippen molar-refractivity contribution >= 4 is 56.8 Å². The molecule has 0 aliphatic rings. The first-order valence-electron chi connectivity index (χ1n) is 7.87. The molecule has 2 heterocycles. The van der Waals surface area contributed by atoms with Crippen molar-refractivity contribution in [2.75, 3.05) is 22.9 Å². The molecule has 0 aliphatic carbocycles. The van der Waals surface area contributed by atoms with E-state index in [2.05, 4.69) is 32.3 Å². The van der Waals surface area contributed by atoms with E-state index in [1.54, 1.807) is 11.3 Å². The van der Waals surface area contributed by atoms with Crippen molar-refractivity contribution in [2.45, 2.75) is 10.8 Å². The fourth-order valence-corrected chi connectivity index (χ4v) is 4.36. The predicted molar refractivity (Wildman–Crippen MR) is 109 cm³/mol. The van der Waals surface area contributed by atoms with Gasteiger partial charge in [-0.1, -0.05) is 29.2 Å². The van der Waals surface area contributed by atoms with E-state index in [1.165, 1.54) is 52.2 Å². The number of thiophene rings is 1. The third kappa shape index (κ3) is 6.01. The van der Waals surface area contributed by atoms with Gasteiger partial charge < -0.3 is 10.6 Å². The maximum Gasteiger partial charge on any atom is 0.269 e. The summed E-state index contributed by atoms with van der Waals surface area (Å²) in [7, 11) is 0. The minimum absolute atomic E-state index is 0.0182. The molecule has 8 nitrogen and oxygen atoms in total. The third-order valence-electron chi connectivity index (χ3n) is 3.32. The molecule has 11 heteroatoms. The molecule has 0 saturated carbocycles. The number of aromatic nitrogens is 2. The first-order chi connectivity index (χ1) is 13.1. The fraction of sp³-hybridized carbons (Fsp3) is 0.188. The van der Waals surface area contributed by atoms with Crippen LogP contribution in [0.25, 0.3) is 0 Å². The zero-order chi connectivity index (χ0) is 19.1. The normalized spacial score (nSPS) is 10.5. The molecule has 2 N–H and O–H groups in total. The molecule has 3 aromatic rings. The molecule has 2 aromatic heterocycles. The quantitative estimate of drug-likeness (QED) is 0.306. The SMILES string of the molecule is O=C(CSc1nnc(NCCc2cccs2)s1)Nc1ccc([N+](=O)[O-])cc1. The van der Waals surface area contributed by atoms with E-state index < -0.39 is 4.92 Å². The molecule has 140 valence electrons.